The molecule has 1 amide bonds. The maximum absolute atomic E-state index is 13.2. The topological polar surface area (TPSA) is 65.1 Å². The first-order valence-electron chi connectivity index (χ1n) is 10.8. The van der Waals surface area contributed by atoms with Crippen molar-refractivity contribution in [2.24, 2.45) is 5.92 Å². The average Bonchev–Trinajstić information content (AvgIpc) is 2.80. The number of nitrogens with zero attached hydrogens (tertiary/aromatic N) is 1. The Morgan fingerprint density at radius 1 is 1.00 bits per heavy atom. The zero-order chi connectivity index (χ0) is 23.3. The Kier molecular flexibility index (Phi) is 7.57. The maximum atomic E-state index is 13.2. The van der Waals surface area contributed by atoms with Gasteiger partial charge in [-0.15, -0.1) is 0 Å². The van der Waals surface area contributed by atoms with E-state index in [-0.39, 0.29) is 30.1 Å². The van der Waals surface area contributed by atoms with Gasteiger partial charge in [-0.3, -0.25) is 4.79 Å². The monoisotopic (exact) mass is 437 g/mol. The number of allylic oxidation sites excluding steroid dienone is 1. The third kappa shape index (κ3) is 5.31. The van der Waals surface area contributed by atoms with Crippen LogP contribution in [-0.2, 0) is 20.9 Å². The Morgan fingerprint density at radius 2 is 1.56 bits per heavy atom. The van der Waals surface area contributed by atoms with Gasteiger partial charge in [-0.2, -0.15) is 0 Å². The maximum Gasteiger partial charge on any atom is 0.336 e. The van der Waals surface area contributed by atoms with Crippen molar-refractivity contribution in [3.63, 3.8) is 0 Å². The molecule has 6 heteroatoms. The van der Waals surface area contributed by atoms with Crippen molar-refractivity contribution >= 4 is 11.9 Å². The highest BCUT2D eigenvalue weighted by Gasteiger charge is 2.37. The Hall–Kier alpha value is -3.28. The lowest BCUT2D eigenvalue weighted by molar-refractivity contribution is -0.141. The van der Waals surface area contributed by atoms with Gasteiger partial charge in [0, 0.05) is 18.0 Å². The molecule has 0 saturated carbocycles. The first-order valence-corrected chi connectivity index (χ1v) is 10.8. The van der Waals surface area contributed by atoms with E-state index in [1.807, 2.05) is 69.3 Å². The Balaban J connectivity index is 1.97. The molecular weight excluding hydrogens is 406 g/mol. The zero-order valence-corrected chi connectivity index (χ0v) is 19.4. The molecule has 0 aromatic heterocycles. The van der Waals surface area contributed by atoms with Crippen LogP contribution < -0.4 is 9.47 Å². The van der Waals surface area contributed by atoms with Crippen LogP contribution in [0.15, 0.2) is 59.8 Å². The molecule has 1 unspecified atom stereocenters. The summed E-state index contributed by atoms with van der Waals surface area (Å²) in [5, 5.41) is 0. The number of ether oxygens (including phenoxy) is 3. The van der Waals surface area contributed by atoms with Crippen molar-refractivity contribution < 1.29 is 23.8 Å². The van der Waals surface area contributed by atoms with Crippen LogP contribution in [0.5, 0.6) is 11.5 Å². The van der Waals surface area contributed by atoms with Crippen molar-refractivity contribution in [3.05, 3.63) is 70.9 Å². The third-order valence-corrected chi connectivity index (χ3v) is 5.61. The molecule has 170 valence electrons. The van der Waals surface area contributed by atoms with E-state index in [2.05, 4.69) is 0 Å². The van der Waals surface area contributed by atoms with Crippen LogP contribution in [0.4, 0.5) is 0 Å². The van der Waals surface area contributed by atoms with E-state index in [1.165, 1.54) is 0 Å². The van der Waals surface area contributed by atoms with E-state index in [4.69, 9.17) is 14.2 Å². The number of carbonyl (C=O) groups is 2. The van der Waals surface area contributed by atoms with Crippen LogP contribution >= 0.6 is 0 Å². The summed E-state index contributed by atoms with van der Waals surface area (Å²) in [5.41, 5.74) is 3.01. The van der Waals surface area contributed by atoms with Gasteiger partial charge >= 0.3 is 5.97 Å². The predicted molar refractivity (Wildman–Crippen MR) is 122 cm³/mol. The molecule has 0 fully saturated rings. The Morgan fingerprint density at radius 3 is 2.09 bits per heavy atom. The van der Waals surface area contributed by atoms with E-state index >= 15 is 0 Å². The van der Waals surface area contributed by atoms with Crippen molar-refractivity contribution in [1.82, 2.24) is 4.90 Å². The largest absolute Gasteiger partial charge is 0.497 e. The molecule has 3 rings (SSSR count). The minimum atomic E-state index is -0.371. The molecule has 1 aliphatic rings. The third-order valence-electron chi connectivity index (χ3n) is 5.61. The highest BCUT2D eigenvalue weighted by Crippen LogP contribution is 2.38. The second-order valence-electron chi connectivity index (χ2n) is 8.35. The molecule has 0 bridgehead atoms. The van der Waals surface area contributed by atoms with E-state index in [0.29, 0.717) is 24.4 Å². The van der Waals surface area contributed by atoms with Gasteiger partial charge in [-0.1, -0.05) is 38.1 Å². The van der Waals surface area contributed by atoms with Crippen LogP contribution in [0.25, 0.3) is 0 Å². The second kappa shape index (κ2) is 10.4. The minimum absolute atomic E-state index is 0.0282. The summed E-state index contributed by atoms with van der Waals surface area (Å²) in [4.78, 5) is 28.0. The van der Waals surface area contributed by atoms with Crippen molar-refractivity contribution in [2.75, 3.05) is 20.8 Å². The first kappa shape index (κ1) is 23.4. The average molecular weight is 438 g/mol. The number of rotatable bonds is 8. The lowest BCUT2D eigenvalue weighted by Gasteiger charge is -2.34. The van der Waals surface area contributed by atoms with Gasteiger partial charge in [0.1, 0.15) is 11.5 Å². The molecule has 2 aromatic rings. The lowest BCUT2D eigenvalue weighted by atomic mass is 9.83. The molecule has 1 heterocycles. The van der Waals surface area contributed by atoms with Gasteiger partial charge in [-0.05, 0) is 48.2 Å². The molecule has 0 N–H and O–H groups in total. The first-order chi connectivity index (χ1) is 15.3. The number of hydrogen-bond donors (Lipinski definition) is 0. The molecular formula is C26H31NO5. The summed E-state index contributed by atoms with van der Waals surface area (Å²) in [6, 6.07) is 15.1. The molecule has 2 aromatic carbocycles. The number of methoxy groups -OCH3 is 2. The SMILES string of the molecule is COc1ccc(CN2C(=O)CC(c3ccc(OC)cc3)C(C(=O)OCC(C)C)=C2C)cc1. The highest BCUT2D eigenvalue weighted by molar-refractivity contribution is 5.95. The molecule has 0 spiro atoms. The molecule has 6 nitrogen and oxygen atoms in total. The Labute approximate surface area is 189 Å². The van der Waals surface area contributed by atoms with Crippen LogP contribution in [0.1, 0.15) is 44.2 Å². The lowest BCUT2D eigenvalue weighted by Crippen LogP contribution is -2.38. The molecule has 0 radical (unpaired) electrons. The van der Waals surface area contributed by atoms with Gasteiger partial charge in [0.05, 0.1) is 32.9 Å². The number of esters is 1. The fraction of sp³-hybridized carbons (Fsp3) is 0.385. The molecule has 0 aliphatic carbocycles. The molecule has 1 aliphatic heterocycles. The molecule has 0 saturated heterocycles. The highest BCUT2D eigenvalue weighted by atomic mass is 16.5. The number of benzene rings is 2. The summed E-state index contributed by atoms with van der Waals surface area (Å²) < 4.78 is 16.1. The number of amides is 1. The summed E-state index contributed by atoms with van der Waals surface area (Å²) in [6.07, 6.45) is 0.200. The van der Waals surface area contributed by atoms with Crippen molar-refractivity contribution in [1.29, 1.82) is 0 Å². The summed E-state index contributed by atoms with van der Waals surface area (Å²) >= 11 is 0. The van der Waals surface area contributed by atoms with E-state index in [9.17, 15) is 9.59 Å². The zero-order valence-electron chi connectivity index (χ0n) is 19.4. The summed E-state index contributed by atoms with van der Waals surface area (Å²) in [5.74, 6) is 0.939. The van der Waals surface area contributed by atoms with Gasteiger partial charge < -0.3 is 19.1 Å². The normalized spacial score (nSPS) is 16.4. The molecule has 32 heavy (non-hydrogen) atoms. The van der Waals surface area contributed by atoms with Gasteiger partial charge in [0.2, 0.25) is 5.91 Å². The van der Waals surface area contributed by atoms with Gasteiger partial charge in [0.25, 0.3) is 0 Å². The quantitative estimate of drug-likeness (QED) is 0.561. The second-order valence-corrected chi connectivity index (χ2v) is 8.35. The van der Waals surface area contributed by atoms with Gasteiger partial charge in [0.15, 0.2) is 0 Å². The minimum Gasteiger partial charge on any atom is -0.497 e. The predicted octanol–water partition coefficient (Wildman–Crippen LogP) is 4.69. The number of hydrogen-bond acceptors (Lipinski definition) is 5. The fourth-order valence-electron chi connectivity index (χ4n) is 3.82. The van der Waals surface area contributed by atoms with Crippen LogP contribution in [0.3, 0.4) is 0 Å². The number of carbonyl (C=O) groups excluding carboxylic acids is 2. The van der Waals surface area contributed by atoms with E-state index < -0.39 is 0 Å². The van der Waals surface area contributed by atoms with E-state index in [1.54, 1.807) is 19.1 Å². The van der Waals surface area contributed by atoms with Crippen LogP contribution in [0.2, 0.25) is 0 Å². The smallest absolute Gasteiger partial charge is 0.336 e. The van der Waals surface area contributed by atoms with E-state index in [0.717, 1.165) is 22.6 Å². The fourth-order valence-corrected chi connectivity index (χ4v) is 3.82. The molecule has 1 atom stereocenters. The van der Waals surface area contributed by atoms with Gasteiger partial charge in [-0.25, -0.2) is 4.79 Å². The van der Waals surface area contributed by atoms with Crippen molar-refractivity contribution in [2.45, 2.75) is 39.7 Å². The summed E-state index contributed by atoms with van der Waals surface area (Å²) in [6.45, 7) is 6.52. The van der Waals surface area contributed by atoms with Crippen molar-refractivity contribution in [3.8, 4) is 11.5 Å². The standard InChI is InChI=1S/C26H31NO5/c1-17(2)16-32-26(29)25-18(3)27(15-19-6-10-21(30-4)11-7-19)24(28)14-23(25)20-8-12-22(31-5)13-9-20/h6-13,17,23H,14-16H2,1-5H3. The summed E-state index contributed by atoms with van der Waals surface area (Å²) in [7, 11) is 3.22. The van der Waals surface area contributed by atoms with Crippen LogP contribution in [0, 0.1) is 5.92 Å². The Bertz CT molecular complexity index is 976. The van der Waals surface area contributed by atoms with Crippen LogP contribution in [-0.4, -0.2) is 37.6 Å².